The van der Waals surface area contributed by atoms with E-state index in [0.717, 1.165) is 6.42 Å². The molecular weight excluding hydrogens is 344 g/mol. The van der Waals surface area contributed by atoms with Gasteiger partial charge in [0.25, 0.3) is 0 Å². The zero-order chi connectivity index (χ0) is 19.9. The summed E-state index contributed by atoms with van der Waals surface area (Å²) in [6.07, 6.45) is 0.285. The molecule has 144 valence electrons. The fourth-order valence-corrected chi connectivity index (χ4v) is 3.71. The lowest BCUT2D eigenvalue weighted by Gasteiger charge is -2.41. The third-order valence-corrected chi connectivity index (χ3v) is 5.19. The van der Waals surface area contributed by atoms with Gasteiger partial charge in [-0.05, 0) is 26.2 Å². The lowest BCUT2D eigenvalue weighted by molar-refractivity contribution is -0.168. The molecule has 1 aromatic carbocycles. The Labute approximate surface area is 159 Å². The Kier molecular flexibility index (Phi) is 4.98. The van der Waals surface area contributed by atoms with Crippen LogP contribution in [0.1, 0.15) is 63.4 Å². The number of ether oxygens (including phenoxy) is 2. The van der Waals surface area contributed by atoms with Crippen molar-refractivity contribution in [3.63, 3.8) is 0 Å². The van der Waals surface area contributed by atoms with Crippen molar-refractivity contribution in [1.82, 2.24) is 0 Å². The van der Waals surface area contributed by atoms with Crippen LogP contribution < -0.4 is 0 Å². The quantitative estimate of drug-likeness (QED) is 0.593. The Morgan fingerprint density at radius 1 is 1.15 bits per heavy atom. The van der Waals surface area contributed by atoms with Gasteiger partial charge < -0.3 is 9.47 Å². The van der Waals surface area contributed by atoms with Crippen molar-refractivity contribution in [3.8, 4) is 0 Å². The predicted molar refractivity (Wildman–Crippen MR) is 101 cm³/mol. The summed E-state index contributed by atoms with van der Waals surface area (Å²) < 4.78 is 11.9. The molecule has 0 radical (unpaired) electrons. The van der Waals surface area contributed by atoms with Crippen molar-refractivity contribution >= 4 is 23.3 Å². The van der Waals surface area contributed by atoms with E-state index in [-0.39, 0.29) is 18.3 Å². The van der Waals surface area contributed by atoms with Crippen LogP contribution in [-0.2, 0) is 19.1 Å². The molecule has 0 aromatic heterocycles. The summed E-state index contributed by atoms with van der Waals surface area (Å²) >= 11 is 0. The first-order chi connectivity index (χ1) is 12.6. The number of benzene rings is 1. The standard InChI is InChI=1S/C22H26O5/c1-12(2)10-13(3)21(25)26-17-11-16-19(24)18(23)14-8-6-7-9-15(14)20(16)27-22(17,4)5/h6-9,12-13,17H,10-11H2,1-5H3. The van der Waals surface area contributed by atoms with E-state index in [0.29, 0.717) is 28.4 Å². The van der Waals surface area contributed by atoms with E-state index in [4.69, 9.17) is 9.47 Å². The van der Waals surface area contributed by atoms with E-state index in [9.17, 15) is 14.4 Å². The minimum absolute atomic E-state index is 0.182. The fourth-order valence-electron chi connectivity index (χ4n) is 3.71. The largest absolute Gasteiger partial charge is 0.483 e. The average molecular weight is 370 g/mol. The third kappa shape index (κ3) is 3.55. The van der Waals surface area contributed by atoms with Gasteiger partial charge in [0.05, 0.1) is 11.5 Å². The van der Waals surface area contributed by atoms with Crippen LogP contribution in [0.3, 0.4) is 0 Å². The van der Waals surface area contributed by atoms with Gasteiger partial charge in [0.1, 0.15) is 17.5 Å². The summed E-state index contributed by atoms with van der Waals surface area (Å²) in [6, 6.07) is 6.95. The second-order valence-corrected chi connectivity index (χ2v) is 8.38. The summed E-state index contributed by atoms with van der Waals surface area (Å²) in [5, 5.41) is 0. The number of Topliss-reactive ketones (excluding diaryl/α,β-unsaturated/α-hetero) is 2. The highest BCUT2D eigenvalue weighted by Crippen LogP contribution is 2.42. The molecule has 3 rings (SSSR count). The van der Waals surface area contributed by atoms with Crippen molar-refractivity contribution in [3.05, 3.63) is 41.0 Å². The molecule has 5 nitrogen and oxygen atoms in total. The first kappa shape index (κ1) is 19.3. The van der Waals surface area contributed by atoms with Crippen LogP contribution in [0.5, 0.6) is 0 Å². The molecule has 0 fully saturated rings. The molecule has 1 aliphatic heterocycles. The normalized spacial score (nSPS) is 22.1. The molecule has 0 spiro atoms. The number of hydrogen-bond acceptors (Lipinski definition) is 5. The highest BCUT2D eigenvalue weighted by Gasteiger charge is 2.47. The maximum Gasteiger partial charge on any atom is 0.309 e. The van der Waals surface area contributed by atoms with Crippen molar-refractivity contribution in [2.45, 2.75) is 59.2 Å². The van der Waals surface area contributed by atoms with Gasteiger partial charge in [-0.3, -0.25) is 14.4 Å². The Balaban J connectivity index is 1.91. The third-order valence-electron chi connectivity index (χ3n) is 5.19. The second-order valence-electron chi connectivity index (χ2n) is 8.38. The van der Waals surface area contributed by atoms with Gasteiger partial charge in [0.15, 0.2) is 0 Å². The molecule has 1 aliphatic carbocycles. The van der Waals surface area contributed by atoms with E-state index in [2.05, 4.69) is 13.8 Å². The summed E-state index contributed by atoms with van der Waals surface area (Å²) in [5.74, 6) is -0.833. The maximum absolute atomic E-state index is 12.6. The van der Waals surface area contributed by atoms with Gasteiger partial charge in [0, 0.05) is 17.5 Å². The Morgan fingerprint density at radius 2 is 1.78 bits per heavy atom. The SMILES string of the molecule is CC(C)CC(C)C(=O)OC1CC2=C(OC1(C)C)c1ccccc1C(=O)C2=O. The first-order valence-electron chi connectivity index (χ1n) is 9.43. The smallest absolute Gasteiger partial charge is 0.309 e. The van der Waals surface area contributed by atoms with Crippen LogP contribution in [0, 0.1) is 11.8 Å². The summed E-state index contributed by atoms with van der Waals surface area (Å²) in [6.45, 7) is 9.63. The number of fused-ring (bicyclic) bond motifs is 2. The average Bonchev–Trinajstić information content (AvgIpc) is 2.60. The van der Waals surface area contributed by atoms with E-state index in [1.165, 1.54) is 0 Å². The van der Waals surface area contributed by atoms with Crippen LogP contribution in [0.15, 0.2) is 29.8 Å². The van der Waals surface area contributed by atoms with E-state index < -0.39 is 23.3 Å². The van der Waals surface area contributed by atoms with Gasteiger partial charge in [0.2, 0.25) is 11.6 Å². The van der Waals surface area contributed by atoms with Crippen molar-refractivity contribution in [2.75, 3.05) is 0 Å². The van der Waals surface area contributed by atoms with E-state index in [1.807, 2.05) is 26.8 Å². The molecule has 0 saturated carbocycles. The minimum Gasteiger partial charge on any atom is -0.483 e. The number of esters is 1. The first-order valence-corrected chi connectivity index (χ1v) is 9.43. The molecular formula is C22H26O5. The lowest BCUT2D eigenvalue weighted by Crippen LogP contribution is -2.47. The topological polar surface area (TPSA) is 69.7 Å². The highest BCUT2D eigenvalue weighted by molar-refractivity contribution is 6.52. The highest BCUT2D eigenvalue weighted by atomic mass is 16.6. The van der Waals surface area contributed by atoms with Crippen LogP contribution in [0.4, 0.5) is 0 Å². The van der Waals surface area contributed by atoms with Gasteiger partial charge in [-0.2, -0.15) is 0 Å². The molecule has 0 amide bonds. The Morgan fingerprint density at radius 3 is 2.41 bits per heavy atom. The molecule has 1 heterocycles. The monoisotopic (exact) mass is 370 g/mol. The summed E-state index contributed by atoms with van der Waals surface area (Å²) in [7, 11) is 0. The van der Waals surface area contributed by atoms with Crippen LogP contribution in [0.25, 0.3) is 5.76 Å². The van der Waals surface area contributed by atoms with Crippen LogP contribution >= 0.6 is 0 Å². The summed E-state index contributed by atoms with van der Waals surface area (Å²) in [5.41, 5.74) is 0.480. The molecule has 0 bridgehead atoms. The molecule has 27 heavy (non-hydrogen) atoms. The molecule has 2 aliphatic rings. The molecule has 0 saturated heterocycles. The Bertz CT molecular complexity index is 831. The minimum atomic E-state index is -0.806. The van der Waals surface area contributed by atoms with Crippen molar-refractivity contribution in [2.24, 2.45) is 11.8 Å². The number of hydrogen-bond donors (Lipinski definition) is 0. The van der Waals surface area contributed by atoms with Gasteiger partial charge in [-0.15, -0.1) is 0 Å². The zero-order valence-electron chi connectivity index (χ0n) is 16.5. The van der Waals surface area contributed by atoms with Gasteiger partial charge >= 0.3 is 5.97 Å². The number of carbonyl (C=O) groups is 3. The van der Waals surface area contributed by atoms with E-state index >= 15 is 0 Å². The van der Waals surface area contributed by atoms with E-state index in [1.54, 1.807) is 18.2 Å². The summed E-state index contributed by atoms with van der Waals surface area (Å²) in [4.78, 5) is 37.6. The molecule has 2 unspecified atom stereocenters. The fraction of sp³-hybridized carbons (Fsp3) is 0.500. The molecule has 1 aromatic rings. The number of rotatable bonds is 4. The number of ketones is 2. The van der Waals surface area contributed by atoms with Crippen LogP contribution in [-0.4, -0.2) is 29.2 Å². The molecule has 0 N–H and O–H groups in total. The number of carbonyl (C=O) groups excluding carboxylic acids is 3. The van der Waals surface area contributed by atoms with Gasteiger partial charge in [-0.1, -0.05) is 45.0 Å². The molecule has 2 atom stereocenters. The van der Waals surface area contributed by atoms with Crippen LogP contribution in [0.2, 0.25) is 0 Å². The lowest BCUT2D eigenvalue weighted by atomic mass is 9.81. The predicted octanol–water partition coefficient (Wildman–Crippen LogP) is 3.96. The zero-order valence-corrected chi connectivity index (χ0v) is 16.5. The maximum atomic E-state index is 12.6. The van der Waals surface area contributed by atoms with Gasteiger partial charge in [-0.25, -0.2) is 0 Å². The molecule has 5 heteroatoms. The second kappa shape index (κ2) is 6.95. The van der Waals surface area contributed by atoms with Crippen molar-refractivity contribution < 1.29 is 23.9 Å². The van der Waals surface area contributed by atoms with Crippen molar-refractivity contribution in [1.29, 1.82) is 0 Å². The Hall–Kier alpha value is -2.43.